The summed E-state index contributed by atoms with van der Waals surface area (Å²) in [6, 6.07) is 16.1. The summed E-state index contributed by atoms with van der Waals surface area (Å²) in [4.78, 5) is 36.4. The highest BCUT2D eigenvalue weighted by Gasteiger charge is 2.36. The van der Waals surface area contributed by atoms with Crippen LogP contribution in [0.3, 0.4) is 0 Å². The van der Waals surface area contributed by atoms with Gasteiger partial charge in [0.2, 0.25) is 5.91 Å². The van der Waals surface area contributed by atoms with E-state index in [1.165, 1.54) is 7.11 Å². The molecule has 2 aromatic rings. The lowest BCUT2D eigenvalue weighted by Gasteiger charge is -2.28. The van der Waals surface area contributed by atoms with Gasteiger partial charge in [0.15, 0.2) is 0 Å². The number of alkyl carbamates (subject to hydrolysis) is 1. The van der Waals surface area contributed by atoms with Crippen LogP contribution in [-0.4, -0.2) is 55.5 Å². The average molecular weight is 469 g/mol. The van der Waals surface area contributed by atoms with E-state index in [1.807, 2.05) is 36.4 Å². The van der Waals surface area contributed by atoms with Gasteiger partial charge in [-0.3, -0.25) is 9.59 Å². The van der Waals surface area contributed by atoms with E-state index in [0.29, 0.717) is 19.4 Å². The second-order valence-electron chi connectivity index (χ2n) is 8.85. The Kier molecular flexibility index (Phi) is 8.28. The van der Waals surface area contributed by atoms with Crippen molar-refractivity contribution in [1.29, 1.82) is 0 Å². The molecule has 8 nitrogen and oxygen atoms in total. The molecule has 2 unspecified atom stereocenters. The number of hydrogen-bond donors (Lipinski definition) is 3. The summed E-state index contributed by atoms with van der Waals surface area (Å²) in [5.41, 5.74) is 3.13. The number of rotatable bonds is 11. The van der Waals surface area contributed by atoms with Crippen LogP contribution >= 0.6 is 0 Å². The van der Waals surface area contributed by atoms with Gasteiger partial charge in [-0.15, -0.1) is 0 Å². The molecule has 0 aromatic heterocycles. The largest absolute Gasteiger partial charge is 0.481 e. The predicted octanol–water partition coefficient (Wildman–Crippen LogP) is 3.55. The van der Waals surface area contributed by atoms with Crippen molar-refractivity contribution in [3.8, 4) is 11.1 Å². The van der Waals surface area contributed by atoms with E-state index in [0.717, 1.165) is 22.3 Å². The first-order chi connectivity index (χ1) is 16.3. The standard InChI is InChI=1S/C26H32N2O6/c1-17(23(29)30)9-8-14-27-24(31)26(2,16-33-3)28-25(32)34-15-22-20-12-6-4-10-18(20)19-11-5-7-13-21(19)22/h4-7,10-13,17,22H,8-9,14-16H2,1-3H3,(H,27,31)(H,28,32)(H,29,30). The molecule has 0 fully saturated rings. The summed E-state index contributed by atoms with van der Waals surface area (Å²) in [6.45, 7) is 3.57. The number of ether oxygens (including phenoxy) is 2. The number of benzene rings is 2. The van der Waals surface area contributed by atoms with E-state index >= 15 is 0 Å². The monoisotopic (exact) mass is 468 g/mol. The second kappa shape index (κ2) is 11.2. The van der Waals surface area contributed by atoms with Gasteiger partial charge >= 0.3 is 12.1 Å². The van der Waals surface area contributed by atoms with Gasteiger partial charge in [-0.25, -0.2) is 4.79 Å². The number of aliphatic carboxylic acids is 1. The van der Waals surface area contributed by atoms with E-state index in [4.69, 9.17) is 14.6 Å². The molecule has 0 spiro atoms. The zero-order chi connectivity index (χ0) is 24.7. The number of methoxy groups -OCH3 is 1. The SMILES string of the molecule is COCC(C)(NC(=O)OCC1c2ccccc2-c2ccccc21)C(=O)NCCCC(C)C(=O)O. The third kappa shape index (κ3) is 5.75. The van der Waals surface area contributed by atoms with Gasteiger partial charge in [0, 0.05) is 19.6 Å². The predicted molar refractivity (Wildman–Crippen MR) is 128 cm³/mol. The topological polar surface area (TPSA) is 114 Å². The first-order valence-corrected chi connectivity index (χ1v) is 11.4. The zero-order valence-corrected chi connectivity index (χ0v) is 19.8. The fraction of sp³-hybridized carbons (Fsp3) is 0.423. The molecular formula is C26H32N2O6. The molecule has 3 rings (SSSR count). The van der Waals surface area contributed by atoms with Crippen molar-refractivity contribution in [3.05, 3.63) is 59.7 Å². The van der Waals surface area contributed by atoms with E-state index in [2.05, 4.69) is 22.8 Å². The highest BCUT2D eigenvalue weighted by Crippen LogP contribution is 2.44. The van der Waals surface area contributed by atoms with Crippen molar-refractivity contribution in [3.63, 3.8) is 0 Å². The lowest BCUT2D eigenvalue weighted by atomic mass is 9.98. The van der Waals surface area contributed by atoms with Crippen molar-refractivity contribution in [1.82, 2.24) is 10.6 Å². The molecule has 3 N–H and O–H groups in total. The Hall–Kier alpha value is -3.39. The fourth-order valence-corrected chi connectivity index (χ4v) is 4.24. The number of carboxylic acid groups (broad SMARTS) is 1. The first-order valence-electron chi connectivity index (χ1n) is 11.4. The Bertz CT molecular complexity index is 994. The molecule has 0 radical (unpaired) electrons. The van der Waals surface area contributed by atoms with Gasteiger partial charge in [0.05, 0.1) is 12.5 Å². The van der Waals surface area contributed by atoms with Crippen LogP contribution in [0, 0.1) is 5.92 Å². The summed E-state index contributed by atoms with van der Waals surface area (Å²) < 4.78 is 10.7. The van der Waals surface area contributed by atoms with Crippen molar-refractivity contribution in [2.24, 2.45) is 5.92 Å². The number of nitrogens with one attached hydrogen (secondary N) is 2. The third-order valence-corrected chi connectivity index (χ3v) is 6.18. The van der Waals surface area contributed by atoms with E-state index in [1.54, 1.807) is 13.8 Å². The van der Waals surface area contributed by atoms with Crippen LogP contribution in [0.25, 0.3) is 11.1 Å². The Morgan fingerprint density at radius 1 is 1.06 bits per heavy atom. The molecule has 2 aromatic carbocycles. The number of carboxylic acids is 1. The molecule has 0 saturated carbocycles. The lowest BCUT2D eigenvalue weighted by molar-refractivity contribution is -0.141. The Labute approximate surface area is 199 Å². The third-order valence-electron chi connectivity index (χ3n) is 6.18. The quantitative estimate of drug-likeness (QED) is 0.435. The second-order valence-corrected chi connectivity index (χ2v) is 8.85. The van der Waals surface area contributed by atoms with Crippen LogP contribution in [0.5, 0.6) is 0 Å². The summed E-state index contributed by atoms with van der Waals surface area (Å²) in [5.74, 6) is -1.86. The fourth-order valence-electron chi connectivity index (χ4n) is 4.24. The highest BCUT2D eigenvalue weighted by molar-refractivity contribution is 5.89. The number of hydrogen-bond acceptors (Lipinski definition) is 5. The summed E-state index contributed by atoms with van der Waals surface area (Å²) in [5, 5.41) is 14.4. The van der Waals surface area contributed by atoms with Gasteiger partial charge in [-0.2, -0.15) is 0 Å². The molecule has 0 bridgehead atoms. The maximum Gasteiger partial charge on any atom is 0.408 e. The van der Waals surface area contributed by atoms with Gasteiger partial charge in [0.25, 0.3) is 0 Å². The Morgan fingerprint density at radius 2 is 1.65 bits per heavy atom. The maximum absolute atomic E-state index is 12.8. The minimum atomic E-state index is -1.34. The van der Waals surface area contributed by atoms with Crippen LogP contribution in [0.15, 0.2) is 48.5 Å². The number of carbonyl (C=O) groups excluding carboxylic acids is 2. The van der Waals surface area contributed by atoms with Crippen molar-refractivity contribution in [2.45, 2.75) is 38.1 Å². The van der Waals surface area contributed by atoms with Crippen LogP contribution in [-0.2, 0) is 19.1 Å². The number of fused-ring (bicyclic) bond motifs is 3. The summed E-state index contributed by atoms with van der Waals surface area (Å²) in [7, 11) is 1.44. The molecule has 0 heterocycles. The zero-order valence-electron chi connectivity index (χ0n) is 19.8. The molecule has 8 heteroatoms. The Morgan fingerprint density at radius 3 is 2.21 bits per heavy atom. The van der Waals surface area contributed by atoms with Crippen molar-refractivity contribution in [2.75, 3.05) is 26.9 Å². The molecule has 0 saturated heterocycles. The van der Waals surface area contributed by atoms with Gasteiger partial charge < -0.3 is 25.2 Å². The van der Waals surface area contributed by atoms with Crippen LogP contribution < -0.4 is 10.6 Å². The molecular weight excluding hydrogens is 436 g/mol. The van der Waals surface area contributed by atoms with E-state index in [-0.39, 0.29) is 19.1 Å². The van der Waals surface area contributed by atoms with Crippen molar-refractivity contribution >= 4 is 18.0 Å². The van der Waals surface area contributed by atoms with E-state index < -0.39 is 29.4 Å². The van der Waals surface area contributed by atoms with Crippen LogP contribution in [0.2, 0.25) is 0 Å². The molecule has 2 atom stereocenters. The lowest BCUT2D eigenvalue weighted by Crippen LogP contribution is -2.59. The smallest absolute Gasteiger partial charge is 0.408 e. The molecule has 1 aliphatic rings. The average Bonchev–Trinajstić information content (AvgIpc) is 3.14. The van der Waals surface area contributed by atoms with Gasteiger partial charge in [-0.05, 0) is 42.0 Å². The molecule has 0 aliphatic heterocycles. The number of amides is 2. The van der Waals surface area contributed by atoms with Gasteiger partial charge in [-0.1, -0.05) is 55.5 Å². The van der Waals surface area contributed by atoms with Gasteiger partial charge in [0.1, 0.15) is 12.1 Å². The molecule has 1 aliphatic carbocycles. The van der Waals surface area contributed by atoms with E-state index in [9.17, 15) is 14.4 Å². The van der Waals surface area contributed by atoms with Crippen molar-refractivity contribution < 1.29 is 29.0 Å². The highest BCUT2D eigenvalue weighted by atomic mass is 16.5. The minimum Gasteiger partial charge on any atom is -0.481 e. The van der Waals surface area contributed by atoms with Crippen LogP contribution in [0.4, 0.5) is 4.79 Å². The molecule has 34 heavy (non-hydrogen) atoms. The number of carbonyl (C=O) groups is 3. The van der Waals surface area contributed by atoms with Crippen LogP contribution in [0.1, 0.15) is 43.7 Å². The minimum absolute atomic E-state index is 0.0471. The normalized spacial score (nSPS) is 14.9. The molecule has 182 valence electrons. The first kappa shape index (κ1) is 25.2. The molecule has 2 amide bonds. The Balaban J connectivity index is 1.58. The maximum atomic E-state index is 12.8. The summed E-state index contributed by atoms with van der Waals surface area (Å²) >= 11 is 0. The summed E-state index contributed by atoms with van der Waals surface area (Å²) in [6.07, 6.45) is 0.236.